The normalized spacial score (nSPS) is 12.2. The molecule has 1 amide bonds. The Kier molecular flexibility index (Phi) is 5.08. The number of allylic oxidation sites excluding steroid dienone is 1. The second-order valence-corrected chi connectivity index (χ2v) is 4.30. The second kappa shape index (κ2) is 5.56. The minimum Gasteiger partial charge on any atom is -0.444 e. The van der Waals surface area contributed by atoms with Crippen molar-refractivity contribution >= 4 is 6.09 Å². The van der Waals surface area contributed by atoms with Crippen LogP contribution in [-0.4, -0.2) is 23.4 Å². The van der Waals surface area contributed by atoms with E-state index in [-0.39, 0.29) is 6.61 Å². The van der Waals surface area contributed by atoms with Gasteiger partial charge in [0.25, 0.3) is 0 Å². The molecular formula is C11H19NO3. The molecule has 0 spiro atoms. The molecule has 0 aromatic carbocycles. The monoisotopic (exact) mass is 213 g/mol. The van der Waals surface area contributed by atoms with E-state index in [1.54, 1.807) is 33.8 Å². The number of hydrogen-bond donors (Lipinski definition) is 2. The lowest BCUT2D eigenvalue weighted by Crippen LogP contribution is -2.31. The first kappa shape index (κ1) is 13.7. The fourth-order valence-corrected chi connectivity index (χ4v) is 0.814. The Hall–Kier alpha value is -1.29. The van der Waals surface area contributed by atoms with E-state index in [1.807, 2.05) is 0 Å². The topological polar surface area (TPSA) is 58.6 Å². The first-order chi connectivity index (χ1) is 6.74. The summed E-state index contributed by atoms with van der Waals surface area (Å²) in [5.74, 6) is 0. The molecule has 4 nitrogen and oxygen atoms in total. The Balaban J connectivity index is 4.15. The largest absolute Gasteiger partial charge is 0.444 e. The molecule has 2 N–H and O–H groups in total. The number of nitrogens with one attached hydrogen (secondary N) is 1. The molecule has 4 heteroatoms. The van der Waals surface area contributed by atoms with Gasteiger partial charge in [0, 0.05) is 5.70 Å². The molecule has 15 heavy (non-hydrogen) atoms. The van der Waals surface area contributed by atoms with E-state index in [0.29, 0.717) is 5.70 Å². The maximum atomic E-state index is 11.3. The third-order valence-electron chi connectivity index (χ3n) is 1.33. The predicted octanol–water partition coefficient (Wildman–Crippen LogP) is 1.96. The molecule has 0 aliphatic rings. The van der Waals surface area contributed by atoms with Crippen LogP contribution in [-0.2, 0) is 4.74 Å². The summed E-state index contributed by atoms with van der Waals surface area (Å²) in [7, 11) is 0. The molecule has 0 saturated carbocycles. The van der Waals surface area contributed by atoms with Crippen molar-refractivity contribution in [1.82, 2.24) is 5.32 Å². The van der Waals surface area contributed by atoms with Gasteiger partial charge in [-0.15, -0.1) is 0 Å². The summed E-state index contributed by atoms with van der Waals surface area (Å²) in [4.78, 5) is 11.3. The van der Waals surface area contributed by atoms with Crippen LogP contribution in [0.1, 0.15) is 27.7 Å². The van der Waals surface area contributed by atoms with Crippen molar-refractivity contribution in [2.45, 2.75) is 33.3 Å². The van der Waals surface area contributed by atoms with E-state index in [2.05, 4.69) is 11.9 Å². The number of carbonyl (C=O) groups is 1. The van der Waals surface area contributed by atoms with E-state index in [1.165, 1.54) is 0 Å². The Morgan fingerprint density at radius 2 is 2.07 bits per heavy atom. The minimum atomic E-state index is -0.547. The quantitative estimate of drug-likeness (QED) is 0.704. The minimum absolute atomic E-state index is 0.0605. The average Bonchev–Trinajstić information content (AvgIpc) is 1.99. The van der Waals surface area contributed by atoms with Crippen LogP contribution < -0.4 is 5.32 Å². The van der Waals surface area contributed by atoms with Crippen molar-refractivity contribution in [3.63, 3.8) is 0 Å². The summed E-state index contributed by atoms with van der Waals surface area (Å²) in [5, 5.41) is 11.2. The molecule has 0 aliphatic carbocycles. The van der Waals surface area contributed by atoms with Crippen molar-refractivity contribution < 1.29 is 14.6 Å². The van der Waals surface area contributed by atoms with Crippen molar-refractivity contribution in [3.8, 4) is 0 Å². The summed E-state index contributed by atoms with van der Waals surface area (Å²) in [5.41, 5.74) is 0.590. The van der Waals surface area contributed by atoms with Crippen molar-refractivity contribution in [3.05, 3.63) is 23.9 Å². The lowest BCUT2D eigenvalue weighted by molar-refractivity contribution is 0.0548. The number of alkyl carbamates (subject to hydrolysis) is 1. The molecule has 0 radical (unpaired) electrons. The van der Waals surface area contributed by atoms with E-state index in [4.69, 9.17) is 9.84 Å². The predicted molar refractivity (Wildman–Crippen MR) is 59.4 cm³/mol. The zero-order valence-electron chi connectivity index (χ0n) is 9.76. The Morgan fingerprint density at radius 1 is 1.53 bits per heavy atom. The number of aliphatic hydroxyl groups excluding tert-OH is 1. The van der Waals surface area contributed by atoms with Crippen LogP contribution in [0, 0.1) is 0 Å². The standard InChI is InChI=1S/C11H19NO3/c1-8(7-13)6-9(2)12-10(14)15-11(3,4)5/h6,13H,2,7H2,1,3-5H3,(H,12,14)/b8-6+. The molecular weight excluding hydrogens is 194 g/mol. The highest BCUT2D eigenvalue weighted by atomic mass is 16.6. The summed E-state index contributed by atoms with van der Waals surface area (Å²) < 4.78 is 5.02. The SMILES string of the molecule is C=C(/C=C(\C)CO)NC(=O)OC(C)(C)C. The first-order valence-electron chi connectivity index (χ1n) is 4.71. The van der Waals surface area contributed by atoms with Gasteiger partial charge in [0.15, 0.2) is 0 Å². The molecule has 0 unspecified atom stereocenters. The number of carbonyl (C=O) groups excluding carboxylic acids is 1. The number of rotatable bonds is 3. The lowest BCUT2D eigenvalue weighted by atomic mass is 10.2. The molecule has 0 rings (SSSR count). The summed E-state index contributed by atoms with van der Waals surface area (Å²) in [6, 6.07) is 0. The molecule has 0 saturated heterocycles. The summed E-state index contributed by atoms with van der Waals surface area (Å²) >= 11 is 0. The number of ether oxygens (including phenoxy) is 1. The van der Waals surface area contributed by atoms with Gasteiger partial charge >= 0.3 is 6.09 Å². The molecule has 0 heterocycles. The fourth-order valence-electron chi connectivity index (χ4n) is 0.814. The van der Waals surface area contributed by atoms with Gasteiger partial charge in [-0.3, -0.25) is 5.32 Å². The first-order valence-corrected chi connectivity index (χ1v) is 4.71. The van der Waals surface area contributed by atoms with Gasteiger partial charge in [0.05, 0.1) is 6.61 Å². The Labute approximate surface area is 90.6 Å². The van der Waals surface area contributed by atoms with Gasteiger partial charge in [0.1, 0.15) is 5.60 Å². The van der Waals surface area contributed by atoms with Crippen LogP contribution in [0.4, 0.5) is 4.79 Å². The molecule has 0 aliphatic heterocycles. The van der Waals surface area contributed by atoms with Crippen LogP contribution in [0.3, 0.4) is 0 Å². The molecule has 0 fully saturated rings. The second-order valence-electron chi connectivity index (χ2n) is 4.30. The molecule has 0 aromatic rings. The zero-order chi connectivity index (χ0) is 12.1. The van der Waals surface area contributed by atoms with Gasteiger partial charge in [-0.05, 0) is 39.3 Å². The average molecular weight is 213 g/mol. The van der Waals surface area contributed by atoms with Crippen LogP contribution >= 0.6 is 0 Å². The molecule has 0 aromatic heterocycles. The summed E-state index contributed by atoms with van der Waals surface area (Å²) in [6.45, 7) is 10.6. The van der Waals surface area contributed by atoms with Crippen molar-refractivity contribution in [2.75, 3.05) is 6.61 Å². The number of aliphatic hydroxyl groups is 1. The Morgan fingerprint density at radius 3 is 2.47 bits per heavy atom. The van der Waals surface area contributed by atoms with Gasteiger partial charge < -0.3 is 9.84 Å². The maximum Gasteiger partial charge on any atom is 0.412 e. The molecule has 0 atom stereocenters. The smallest absolute Gasteiger partial charge is 0.412 e. The van der Waals surface area contributed by atoms with E-state index in [9.17, 15) is 4.79 Å². The third-order valence-corrected chi connectivity index (χ3v) is 1.33. The molecule has 86 valence electrons. The van der Waals surface area contributed by atoms with Gasteiger partial charge in [-0.2, -0.15) is 0 Å². The van der Waals surface area contributed by atoms with Crippen molar-refractivity contribution in [2.24, 2.45) is 0 Å². The highest BCUT2D eigenvalue weighted by molar-refractivity contribution is 5.70. The van der Waals surface area contributed by atoms with E-state index in [0.717, 1.165) is 5.57 Å². The number of amides is 1. The summed E-state index contributed by atoms with van der Waals surface area (Å²) in [6.07, 6.45) is 1.04. The van der Waals surface area contributed by atoms with Crippen LogP contribution in [0.25, 0.3) is 0 Å². The highest BCUT2D eigenvalue weighted by Gasteiger charge is 2.15. The van der Waals surface area contributed by atoms with Crippen molar-refractivity contribution in [1.29, 1.82) is 0 Å². The van der Waals surface area contributed by atoms with E-state index < -0.39 is 11.7 Å². The highest BCUT2D eigenvalue weighted by Crippen LogP contribution is 2.07. The van der Waals surface area contributed by atoms with Gasteiger partial charge in [-0.1, -0.05) is 6.58 Å². The number of hydrogen-bond acceptors (Lipinski definition) is 3. The fraction of sp³-hybridized carbons (Fsp3) is 0.545. The maximum absolute atomic E-state index is 11.3. The van der Waals surface area contributed by atoms with Gasteiger partial charge in [-0.25, -0.2) is 4.79 Å². The zero-order valence-corrected chi connectivity index (χ0v) is 9.76. The van der Waals surface area contributed by atoms with Gasteiger partial charge in [0.2, 0.25) is 0 Å². The van der Waals surface area contributed by atoms with Crippen LogP contribution in [0.15, 0.2) is 23.9 Å². The van der Waals surface area contributed by atoms with E-state index >= 15 is 0 Å². The van der Waals surface area contributed by atoms with Crippen LogP contribution in [0.5, 0.6) is 0 Å². The lowest BCUT2D eigenvalue weighted by Gasteiger charge is -2.19. The van der Waals surface area contributed by atoms with Crippen LogP contribution in [0.2, 0.25) is 0 Å². The Bertz CT molecular complexity index is 274. The third kappa shape index (κ3) is 7.76. The molecule has 0 bridgehead atoms.